The fraction of sp³-hybridized carbons (Fsp3) is 0.455. The Kier molecular flexibility index (Phi) is 6.51. The molecular weight excluding hydrogens is 532 g/mol. The predicted molar refractivity (Wildman–Crippen MR) is 132 cm³/mol. The summed E-state index contributed by atoms with van der Waals surface area (Å²) < 4.78 is 39.0. The maximum atomic E-state index is 14.0. The maximum Gasteiger partial charge on any atom is 0.377 e. The highest BCUT2D eigenvalue weighted by Gasteiger charge is 2.38. The van der Waals surface area contributed by atoms with Crippen molar-refractivity contribution in [3.05, 3.63) is 33.8 Å². The molecule has 0 saturated carbocycles. The maximum absolute atomic E-state index is 14.0. The summed E-state index contributed by atoms with van der Waals surface area (Å²) in [6.07, 6.45) is -0.585. The van der Waals surface area contributed by atoms with Crippen molar-refractivity contribution < 1.29 is 33.6 Å². The number of aliphatic hydroxyl groups is 3. The van der Waals surface area contributed by atoms with Gasteiger partial charge in [0.05, 0.1) is 43.0 Å². The summed E-state index contributed by atoms with van der Waals surface area (Å²) in [6, 6.07) is 1.39. The topological polar surface area (TPSA) is 167 Å². The average Bonchev–Trinajstić information content (AvgIpc) is 3.13. The molecule has 2 aliphatic heterocycles. The lowest BCUT2D eigenvalue weighted by molar-refractivity contribution is -0.374. The highest BCUT2D eigenvalue weighted by molar-refractivity contribution is 6.32. The van der Waals surface area contributed by atoms with Crippen LogP contribution in [0.4, 0.5) is 31.9 Å². The predicted octanol–water partition coefficient (Wildman–Crippen LogP) is 1.53. The summed E-state index contributed by atoms with van der Waals surface area (Å²) in [5.41, 5.74) is -1.63. The van der Waals surface area contributed by atoms with E-state index in [4.69, 9.17) is 21.1 Å². The number of alkyl halides is 2. The van der Waals surface area contributed by atoms with Gasteiger partial charge in [-0.15, -0.1) is 0 Å². The Balaban J connectivity index is 1.60. The molecule has 16 heteroatoms. The van der Waals surface area contributed by atoms with Crippen molar-refractivity contribution in [2.45, 2.75) is 44.6 Å². The van der Waals surface area contributed by atoms with Crippen molar-refractivity contribution in [1.82, 2.24) is 19.5 Å². The molecule has 1 saturated heterocycles. The number of hydrogen-bond donors (Lipinski definition) is 5. The smallest absolute Gasteiger partial charge is 0.377 e. The Labute approximate surface area is 218 Å². The average molecular weight is 556 g/mol. The summed E-state index contributed by atoms with van der Waals surface area (Å²) in [5, 5.41) is 35.1. The monoisotopic (exact) mass is 555 g/mol. The van der Waals surface area contributed by atoms with Gasteiger partial charge in [0, 0.05) is 5.39 Å². The summed E-state index contributed by atoms with van der Waals surface area (Å²) >= 11 is 6.33. The van der Waals surface area contributed by atoms with Crippen LogP contribution in [0.1, 0.15) is 20.3 Å². The van der Waals surface area contributed by atoms with Gasteiger partial charge >= 0.3 is 11.7 Å². The number of pyridine rings is 2. The third-order valence-electron chi connectivity index (χ3n) is 6.11. The van der Waals surface area contributed by atoms with E-state index in [1.807, 2.05) is 18.7 Å². The van der Waals surface area contributed by atoms with Crippen LogP contribution in [0.3, 0.4) is 0 Å². The zero-order chi connectivity index (χ0) is 27.4. The quantitative estimate of drug-likeness (QED) is 0.288. The van der Waals surface area contributed by atoms with Gasteiger partial charge in [0.15, 0.2) is 18.1 Å². The number of fused-ring (bicyclic) bond motifs is 3. The third kappa shape index (κ3) is 4.67. The largest absolute Gasteiger partial charge is 0.480 e. The standard InChI is InChI=1S/C22H24ClF2N7O6/c1-3-14-31(10(2)7-37-14)20-27-6-13(23)17(30-20)29-11-4-12-15-16(38-9-21(24,25)8-28-15)19(33)32(22(34,35)36)18(12)26-5-11/h4-6,10,14,28,34-36H,3,7-9H2,1-2H3,(H,27,29,30). The van der Waals surface area contributed by atoms with Crippen LogP contribution in [-0.2, 0) is 10.8 Å². The van der Waals surface area contributed by atoms with Crippen LogP contribution in [-0.4, -0.2) is 72.8 Å². The van der Waals surface area contributed by atoms with Gasteiger partial charge < -0.3 is 40.3 Å². The van der Waals surface area contributed by atoms with Gasteiger partial charge in [0.1, 0.15) is 11.3 Å². The van der Waals surface area contributed by atoms with Gasteiger partial charge in [0.2, 0.25) is 11.7 Å². The minimum absolute atomic E-state index is 0.0171. The van der Waals surface area contributed by atoms with Gasteiger partial charge in [-0.3, -0.25) is 4.79 Å². The highest BCUT2D eigenvalue weighted by atomic mass is 35.5. The molecular formula is C22H24ClF2N7O6. The fourth-order valence-electron chi connectivity index (χ4n) is 4.39. The van der Waals surface area contributed by atoms with E-state index >= 15 is 0 Å². The van der Waals surface area contributed by atoms with Gasteiger partial charge in [-0.25, -0.2) is 23.3 Å². The van der Waals surface area contributed by atoms with Crippen LogP contribution >= 0.6 is 11.6 Å². The Morgan fingerprint density at radius 1 is 1.32 bits per heavy atom. The van der Waals surface area contributed by atoms with Gasteiger partial charge in [0.25, 0.3) is 5.92 Å². The van der Waals surface area contributed by atoms with Crippen molar-refractivity contribution in [1.29, 1.82) is 0 Å². The van der Waals surface area contributed by atoms with Crippen molar-refractivity contribution in [2.75, 3.05) is 35.3 Å². The Hall–Kier alpha value is -3.37. The zero-order valence-corrected chi connectivity index (χ0v) is 20.9. The molecule has 5 heterocycles. The molecule has 5 rings (SSSR count). The molecule has 0 aliphatic carbocycles. The second-order valence-corrected chi connectivity index (χ2v) is 9.39. The minimum Gasteiger partial charge on any atom is -0.480 e. The van der Waals surface area contributed by atoms with E-state index in [9.17, 15) is 28.9 Å². The Bertz CT molecular complexity index is 1450. The summed E-state index contributed by atoms with van der Waals surface area (Å²) in [6.45, 7) is 2.44. The molecule has 0 aromatic carbocycles. The normalized spacial score (nSPS) is 21.0. The second kappa shape index (κ2) is 9.43. The van der Waals surface area contributed by atoms with E-state index in [1.165, 1.54) is 18.5 Å². The molecule has 3 aromatic heterocycles. The van der Waals surface area contributed by atoms with Crippen molar-refractivity contribution in [3.63, 3.8) is 0 Å². The van der Waals surface area contributed by atoms with Crippen LogP contribution in [0.2, 0.25) is 5.02 Å². The number of rotatable bonds is 5. The molecule has 204 valence electrons. The highest BCUT2D eigenvalue weighted by Crippen LogP contribution is 2.37. The number of hydrogen-bond acceptors (Lipinski definition) is 12. The molecule has 2 unspecified atom stereocenters. The van der Waals surface area contributed by atoms with Crippen LogP contribution in [0.15, 0.2) is 23.3 Å². The number of nitrogens with zero attached hydrogens (tertiary/aromatic N) is 5. The fourth-order valence-corrected chi connectivity index (χ4v) is 4.53. The Morgan fingerprint density at radius 2 is 2.08 bits per heavy atom. The van der Waals surface area contributed by atoms with Gasteiger partial charge in [-0.1, -0.05) is 18.5 Å². The molecule has 0 radical (unpaired) electrons. The van der Waals surface area contributed by atoms with Crippen LogP contribution in [0.5, 0.6) is 5.75 Å². The molecule has 0 spiro atoms. The molecule has 2 atom stereocenters. The van der Waals surface area contributed by atoms with E-state index in [-0.39, 0.29) is 44.4 Å². The van der Waals surface area contributed by atoms with E-state index in [0.29, 0.717) is 19.0 Å². The lowest BCUT2D eigenvalue weighted by Gasteiger charge is -2.26. The molecule has 3 aromatic rings. The first-order chi connectivity index (χ1) is 17.9. The van der Waals surface area contributed by atoms with Crippen molar-refractivity contribution in [2.24, 2.45) is 0 Å². The summed E-state index contributed by atoms with van der Waals surface area (Å²) in [4.78, 5) is 27.7. The number of aromatic nitrogens is 4. The second-order valence-electron chi connectivity index (χ2n) is 8.98. The van der Waals surface area contributed by atoms with Crippen molar-refractivity contribution in [3.8, 4) is 5.75 Å². The van der Waals surface area contributed by atoms with Crippen LogP contribution < -0.4 is 25.8 Å². The number of ether oxygens (including phenoxy) is 2. The first kappa shape index (κ1) is 26.2. The molecule has 13 nitrogen and oxygen atoms in total. The van der Waals surface area contributed by atoms with Crippen LogP contribution in [0, 0.1) is 0 Å². The van der Waals surface area contributed by atoms with E-state index in [0.717, 1.165) is 0 Å². The SMILES string of the molecule is CCC1OCC(C)N1c1ncc(Cl)c(Nc2cnc3c(c2)c2c(c(=O)n3C(O)(O)O)OCC(F)(F)CN2)n1. The molecule has 0 amide bonds. The van der Waals surface area contributed by atoms with Gasteiger partial charge in [-0.2, -0.15) is 4.98 Å². The lowest BCUT2D eigenvalue weighted by Crippen LogP contribution is -2.42. The Morgan fingerprint density at radius 3 is 2.79 bits per heavy atom. The molecule has 2 aliphatic rings. The van der Waals surface area contributed by atoms with Crippen LogP contribution in [0.25, 0.3) is 11.0 Å². The minimum atomic E-state index is -3.69. The van der Waals surface area contributed by atoms with Gasteiger partial charge in [-0.05, 0) is 19.4 Å². The third-order valence-corrected chi connectivity index (χ3v) is 6.39. The van der Waals surface area contributed by atoms with Crippen molar-refractivity contribution >= 4 is 45.8 Å². The molecule has 38 heavy (non-hydrogen) atoms. The molecule has 1 fully saturated rings. The first-order valence-corrected chi connectivity index (χ1v) is 12.0. The van der Waals surface area contributed by atoms with E-state index in [1.54, 1.807) is 0 Å². The molecule has 0 bridgehead atoms. The first-order valence-electron chi connectivity index (χ1n) is 11.6. The van der Waals surface area contributed by atoms with E-state index in [2.05, 4.69) is 25.6 Å². The number of anilines is 4. The van der Waals surface area contributed by atoms with E-state index < -0.39 is 42.1 Å². The number of nitrogens with one attached hydrogen (secondary N) is 2. The summed E-state index contributed by atoms with van der Waals surface area (Å²) in [5.74, 6) is -3.42. The zero-order valence-electron chi connectivity index (χ0n) is 20.2. The molecule has 5 N–H and O–H groups in total. The lowest BCUT2D eigenvalue weighted by atomic mass is 10.2. The number of halogens is 3. The summed E-state index contributed by atoms with van der Waals surface area (Å²) in [7, 11) is 0.